The topological polar surface area (TPSA) is 70.1 Å². The highest BCUT2D eigenvalue weighted by Gasteiger charge is 2.16. The first-order valence-electron chi connectivity index (χ1n) is 2.64. The molecular formula is C5H3BrN2O3. The molecule has 0 aliphatic carbocycles. The van der Waals surface area contributed by atoms with Crippen molar-refractivity contribution in [2.45, 2.75) is 0 Å². The van der Waals surface area contributed by atoms with Gasteiger partial charge in [0.15, 0.2) is 0 Å². The molecule has 1 heterocycles. The van der Waals surface area contributed by atoms with E-state index in [4.69, 9.17) is 0 Å². The van der Waals surface area contributed by atoms with Gasteiger partial charge in [-0.25, -0.2) is 0 Å². The van der Waals surface area contributed by atoms with Crippen molar-refractivity contribution in [2.75, 3.05) is 0 Å². The van der Waals surface area contributed by atoms with Crippen LogP contribution in [-0.4, -0.2) is 4.92 Å². The minimum atomic E-state index is -0.737. The molecule has 0 aliphatic heterocycles. The van der Waals surface area contributed by atoms with E-state index in [0.717, 1.165) is 12.3 Å². The number of hydrogen-bond acceptors (Lipinski definition) is 3. The maximum atomic E-state index is 10.7. The van der Waals surface area contributed by atoms with Crippen LogP contribution in [0.25, 0.3) is 0 Å². The SMILES string of the molecule is O=[N+]([O-])c1ccc(Br)c[n+]1[O-]. The molecule has 0 saturated heterocycles. The van der Waals surface area contributed by atoms with Gasteiger partial charge in [-0.3, -0.25) is 10.1 Å². The molecule has 6 heteroatoms. The van der Waals surface area contributed by atoms with Gasteiger partial charge >= 0.3 is 5.82 Å². The number of hydrogen-bond donors (Lipinski definition) is 0. The van der Waals surface area contributed by atoms with Crippen molar-refractivity contribution in [3.8, 4) is 0 Å². The lowest BCUT2D eigenvalue weighted by Gasteiger charge is -1.95. The first-order valence-corrected chi connectivity index (χ1v) is 3.43. The average Bonchev–Trinajstić information content (AvgIpc) is 1.85. The highest BCUT2D eigenvalue weighted by molar-refractivity contribution is 9.10. The van der Waals surface area contributed by atoms with Gasteiger partial charge in [0, 0.05) is 0 Å². The Bertz CT molecular complexity index is 302. The standard InChI is InChI=1S/C5H3BrN2O3/c6-4-1-2-5(8(10)11)7(9)3-4/h1-3H. The second-order valence-electron chi connectivity index (χ2n) is 1.79. The van der Waals surface area contributed by atoms with E-state index in [-0.39, 0.29) is 4.73 Å². The highest BCUT2D eigenvalue weighted by Crippen LogP contribution is 2.09. The van der Waals surface area contributed by atoms with E-state index in [2.05, 4.69) is 15.9 Å². The zero-order valence-corrected chi connectivity index (χ0v) is 6.82. The Morgan fingerprint density at radius 2 is 2.18 bits per heavy atom. The van der Waals surface area contributed by atoms with Gasteiger partial charge in [0.25, 0.3) is 0 Å². The maximum absolute atomic E-state index is 10.7. The predicted octanol–water partition coefficient (Wildman–Crippen LogP) is 0.991. The minimum absolute atomic E-state index is 0.198. The predicted molar refractivity (Wildman–Crippen MR) is 39.8 cm³/mol. The summed E-state index contributed by atoms with van der Waals surface area (Å²) in [6, 6.07) is 2.57. The molecule has 1 aromatic heterocycles. The molecule has 0 N–H and O–H groups in total. The lowest BCUT2D eigenvalue weighted by Crippen LogP contribution is -2.29. The summed E-state index contributed by atoms with van der Waals surface area (Å²) in [5, 5.41) is 20.8. The van der Waals surface area contributed by atoms with Crippen LogP contribution in [0.5, 0.6) is 0 Å². The second-order valence-corrected chi connectivity index (χ2v) is 2.70. The summed E-state index contributed by atoms with van der Waals surface area (Å²) in [6.45, 7) is 0. The van der Waals surface area contributed by atoms with Crippen LogP contribution in [0.4, 0.5) is 5.82 Å². The highest BCUT2D eigenvalue weighted by atomic mass is 79.9. The van der Waals surface area contributed by atoms with E-state index in [1.807, 2.05) is 0 Å². The van der Waals surface area contributed by atoms with Crippen molar-refractivity contribution in [3.63, 3.8) is 0 Å². The van der Waals surface area contributed by atoms with Crippen LogP contribution in [0, 0.1) is 15.3 Å². The van der Waals surface area contributed by atoms with E-state index in [1.165, 1.54) is 6.07 Å². The molecule has 1 rings (SSSR count). The van der Waals surface area contributed by atoms with E-state index in [9.17, 15) is 15.3 Å². The van der Waals surface area contributed by atoms with Crippen molar-refractivity contribution in [1.82, 2.24) is 0 Å². The number of nitrogens with zero attached hydrogens (tertiary/aromatic N) is 2. The summed E-state index contributed by atoms with van der Waals surface area (Å²) in [6.07, 6.45) is 1.08. The van der Waals surface area contributed by atoms with E-state index >= 15 is 0 Å². The number of halogens is 1. The lowest BCUT2D eigenvalue weighted by atomic mass is 10.5. The van der Waals surface area contributed by atoms with Gasteiger partial charge in [0.2, 0.25) is 6.20 Å². The number of pyridine rings is 1. The number of nitro groups is 1. The van der Waals surface area contributed by atoms with Crippen molar-refractivity contribution in [2.24, 2.45) is 0 Å². The Morgan fingerprint density at radius 3 is 2.64 bits per heavy atom. The zero-order chi connectivity index (χ0) is 8.43. The van der Waals surface area contributed by atoms with Crippen molar-refractivity contribution < 1.29 is 9.65 Å². The third-order valence-electron chi connectivity index (χ3n) is 1.05. The summed E-state index contributed by atoms with van der Waals surface area (Å²) >= 11 is 3.00. The number of aromatic nitrogens is 1. The molecule has 1 aromatic rings. The average molecular weight is 219 g/mol. The fourth-order valence-electron chi connectivity index (χ4n) is 0.590. The fourth-order valence-corrected chi connectivity index (χ4v) is 0.908. The molecule has 0 spiro atoms. The molecule has 0 atom stereocenters. The summed E-state index contributed by atoms with van der Waals surface area (Å²) in [4.78, 5) is 9.37. The third kappa shape index (κ3) is 1.64. The molecule has 0 aliphatic rings. The summed E-state index contributed by atoms with van der Waals surface area (Å²) in [5.74, 6) is -0.479. The Labute approximate surface area is 70.1 Å². The van der Waals surface area contributed by atoms with Crippen molar-refractivity contribution >= 4 is 21.7 Å². The van der Waals surface area contributed by atoms with Crippen LogP contribution in [0.3, 0.4) is 0 Å². The van der Waals surface area contributed by atoms with Gasteiger partial charge in [0.1, 0.15) is 4.92 Å². The Morgan fingerprint density at radius 1 is 1.55 bits per heavy atom. The molecule has 0 unspecified atom stereocenters. The van der Waals surface area contributed by atoms with Crippen molar-refractivity contribution in [1.29, 1.82) is 0 Å². The molecule has 0 saturated carbocycles. The molecular weight excluding hydrogens is 216 g/mol. The third-order valence-corrected chi connectivity index (χ3v) is 1.51. The number of rotatable bonds is 1. The summed E-state index contributed by atoms with van der Waals surface area (Å²) < 4.78 is 0.711. The molecule has 58 valence electrons. The summed E-state index contributed by atoms with van der Waals surface area (Å²) in [7, 11) is 0. The molecule has 5 nitrogen and oxygen atoms in total. The Balaban J connectivity index is 3.20. The van der Waals surface area contributed by atoms with Gasteiger partial charge < -0.3 is 5.21 Å². The maximum Gasteiger partial charge on any atom is 0.512 e. The molecule has 0 bridgehead atoms. The monoisotopic (exact) mass is 218 g/mol. The van der Waals surface area contributed by atoms with E-state index in [0.29, 0.717) is 4.47 Å². The van der Waals surface area contributed by atoms with Crippen LogP contribution in [-0.2, 0) is 0 Å². The first kappa shape index (κ1) is 7.93. The molecule has 11 heavy (non-hydrogen) atoms. The largest absolute Gasteiger partial charge is 0.614 e. The van der Waals surface area contributed by atoms with Gasteiger partial charge in [0.05, 0.1) is 10.5 Å². The smallest absolute Gasteiger partial charge is 0.512 e. The quantitative estimate of drug-likeness (QED) is 0.306. The van der Waals surface area contributed by atoms with E-state index in [1.54, 1.807) is 0 Å². The summed E-state index contributed by atoms with van der Waals surface area (Å²) in [5.41, 5.74) is 0. The Hall–Kier alpha value is -1.17. The van der Waals surface area contributed by atoms with E-state index < -0.39 is 10.7 Å². The van der Waals surface area contributed by atoms with Crippen LogP contribution in [0.15, 0.2) is 22.8 Å². The fraction of sp³-hybridized carbons (Fsp3) is 0. The second kappa shape index (κ2) is 2.83. The normalized spacial score (nSPS) is 9.55. The molecule has 0 fully saturated rings. The van der Waals surface area contributed by atoms with Crippen LogP contribution in [0.1, 0.15) is 0 Å². The molecule has 0 aromatic carbocycles. The molecule has 0 amide bonds. The first-order chi connectivity index (χ1) is 5.11. The zero-order valence-electron chi connectivity index (χ0n) is 5.23. The van der Waals surface area contributed by atoms with Crippen molar-refractivity contribution in [3.05, 3.63) is 38.1 Å². The Kier molecular flexibility index (Phi) is 2.04. The van der Waals surface area contributed by atoms with Crippen LogP contribution < -0.4 is 4.73 Å². The lowest BCUT2D eigenvalue weighted by molar-refractivity contribution is -0.665. The van der Waals surface area contributed by atoms with Gasteiger partial charge in [-0.05, 0) is 22.0 Å². The van der Waals surface area contributed by atoms with Gasteiger partial charge in [-0.2, -0.15) is 0 Å². The molecule has 0 radical (unpaired) electrons. The van der Waals surface area contributed by atoms with Crippen LogP contribution >= 0.6 is 15.9 Å². The van der Waals surface area contributed by atoms with Gasteiger partial charge in [-0.15, -0.1) is 4.73 Å². The minimum Gasteiger partial charge on any atom is -0.614 e. The van der Waals surface area contributed by atoms with Gasteiger partial charge in [-0.1, -0.05) is 0 Å². The van der Waals surface area contributed by atoms with Crippen LogP contribution in [0.2, 0.25) is 0 Å².